The molecule has 1 fully saturated rings. The molecule has 1 saturated carbocycles. The number of thiazole rings is 1. The first-order valence-corrected chi connectivity index (χ1v) is 7.59. The van der Waals surface area contributed by atoms with Crippen molar-refractivity contribution in [2.45, 2.75) is 35.8 Å². The Morgan fingerprint density at radius 3 is 2.95 bits per heavy atom. The highest BCUT2D eigenvalue weighted by Crippen LogP contribution is 2.38. The molecule has 1 N–H and O–H groups in total. The van der Waals surface area contributed by atoms with Crippen LogP contribution in [0.3, 0.4) is 0 Å². The molecule has 0 bridgehead atoms. The summed E-state index contributed by atoms with van der Waals surface area (Å²) in [4.78, 5) is 19.7. The maximum absolute atomic E-state index is 10.9. The quantitative estimate of drug-likeness (QED) is 0.848. The van der Waals surface area contributed by atoms with Crippen molar-refractivity contribution >= 4 is 29.1 Å². The van der Waals surface area contributed by atoms with Gasteiger partial charge in [0, 0.05) is 5.92 Å². The number of aryl methyl sites for hydroxylation is 1. The van der Waals surface area contributed by atoms with Crippen molar-refractivity contribution in [3.05, 3.63) is 22.3 Å². The standard InChI is InChI=1S/C11H11N3O3S2/c1-5-8(10(15)16)19-11(12-5)18-4-7-13-9(14-17-7)6-2-3-6/h6H,2-4H2,1H3,(H,15,16). The molecule has 2 aromatic heterocycles. The van der Waals surface area contributed by atoms with Crippen LogP contribution >= 0.6 is 23.1 Å². The topological polar surface area (TPSA) is 89.1 Å². The first kappa shape index (κ1) is 12.6. The molecular formula is C11H11N3O3S2. The van der Waals surface area contributed by atoms with Crippen molar-refractivity contribution in [3.63, 3.8) is 0 Å². The molecule has 0 saturated heterocycles. The van der Waals surface area contributed by atoms with Crippen LogP contribution < -0.4 is 0 Å². The SMILES string of the molecule is Cc1nc(SCc2nc(C3CC3)no2)sc1C(=O)O. The Balaban J connectivity index is 1.64. The van der Waals surface area contributed by atoms with Crippen LogP contribution in [0.15, 0.2) is 8.86 Å². The summed E-state index contributed by atoms with van der Waals surface area (Å²) in [7, 11) is 0. The molecule has 0 aromatic carbocycles. The highest BCUT2D eigenvalue weighted by atomic mass is 32.2. The van der Waals surface area contributed by atoms with Crippen molar-refractivity contribution in [1.29, 1.82) is 0 Å². The molecule has 1 aliphatic carbocycles. The molecule has 8 heteroatoms. The summed E-state index contributed by atoms with van der Waals surface area (Å²) < 4.78 is 5.86. The number of aromatic nitrogens is 3. The summed E-state index contributed by atoms with van der Waals surface area (Å²) in [5.74, 6) is 1.42. The number of thioether (sulfide) groups is 1. The van der Waals surface area contributed by atoms with E-state index in [-0.39, 0.29) is 4.88 Å². The van der Waals surface area contributed by atoms with Crippen molar-refractivity contribution in [2.75, 3.05) is 0 Å². The third-order valence-corrected chi connectivity index (χ3v) is 4.99. The summed E-state index contributed by atoms with van der Waals surface area (Å²) in [6, 6.07) is 0. The monoisotopic (exact) mass is 297 g/mol. The van der Waals surface area contributed by atoms with Crippen LogP contribution in [-0.2, 0) is 5.75 Å². The number of hydrogen-bond acceptors (Lipinski definition) is 7. The van der Waals surface area contributed by atoms with Gasteiger partial charge in [0.1, 0.15) is 4.88 Å². The fraction of sp³-hybridized carbons (Fsp3) is 0.455. The number of rotatable bonds is 5. The Morgan fingerprint density at radius 2 is 2.32 bits per heavy atom. The van der Waals surface area contributed by atoms with Gasteiger partial charge >= 0.3 is 5.97 Å². The first-order chi connectivity index (χ1) is 9.13. The summed E-state index contributed by atoms with van der Waals surface area (Å²) in [6.45, 7) is 1.70. The highest BCUT2D eigenvalue weighted by Gasteiger charge is 2.28. The molecule has 0 aliphatic heterocycles. The van der Waals surface area contributed by atoms with Gasteiger partial charge in [-0.25, -0.2) is 9.78 Å². The van der Waals surface area contributed by atoms with E-state index >= 15 is 0 Å². The van der Waals surface area contributed by atoms with Crippen molar-refractivity contribution in [3.8, 4) is 0 Å². The first-order valence-electron chi connectivity index (χ1n) is 5.79. The van der Waals surface area contributed by atoms with E-state index in [4.69, 9.17) is 9.63 Å². The van der Waals surface area contributed by atoms with Gasteiger partial charge in [-0.15, -0.1) is 11.3 Å². The Kier molecular flexibility index (Phi) is 3.28. The fourth-order valence-corrected chi connectivity index (χ4v) is 3.46. The predicted molar refractivity (Wildman–Crippen MR) is 69.6 cm³/mol. The molecule has 0 amide bonds. The molecule has 19 heavy (non-hydrogen) atoms. The highest BCUT2D eigenvalue weighted by molar-refractivity contribution is 8.00. The van der Waals surface area contributed by atoms with Gasteiger partial charge in [-0.2, -0.15) is 4.98 Å². The number of hydrogen-bond donors (Lipinski definition) is 1. The smallest absolute Gasteiger partial charge is 0.347 e. The van der Waals surface area contributed by atoms with E-state index in [1.54, 1.807) is 6.92 Å². The molecule has 3 rings (SSSR count). The number of carboxylic acid groups (broad SMARTS) is 1. The van der Waals surface area contributed by atoms with Gasteiger partial charge in [-0.1, -0.05) is 16.9 Å². The largest absolute Gasteiger partial charge is 0.477 e. The summed E-state index contributed by atoms with van der Waals surface area (Å²) in [6.07, 6.45) is 2.28. The third-order valence-electron chi connectivity index (χ3n) is 2.72. The Hall–Kier alpha value is -1.41. The van der Waals surface area contributed by atoms with E-state index in [2.05, 4.69) is 15.1 Å². The zero-order chi connectivity index (χ0) is 13.4. The third kappa shape index (κ3) is 2.79. The van der Waals surface area contributed by atoms with E-state index < -0.39 is 5.97 Å². The summed E-state index contributed by atoms with van der Waals surface area (Å²) >= 11 is 2.59. The van der Waals surface area contributed by atoms with Gasteiger partial charge in [-0.05, 0) is 19.8 Å². The average Bonchev–Trinajstić information content (AvgIpc) is 2.98. The van der Waals surface area contributed by atoms with E-state index in [1.807, 2.05) is 0 Å². The van der Waals surface area contributed by atoms with Gasteiger partial charge in [0.15, 0.2) is 10.2 Å². The Bertz CT molecular complexity index is 618. The lowest BCUT2D eigenvalue weighted by Crippen LogP contribution is -1.94. The average molecular weight is 297 g/mol. The lowest BCUT2D eigenvalue weighted by atomic mass is 10.4. The van der Waals surface area contributed by atoms with Crippen LogP contribution in [0, 0.1) is 6.92 Å². The molecule has 6 nitrogen and oxygen atoms in total. The molecule has 0 radical (unpaired) electrons. The van der Waals surface area contributed by atoms with Gasteiger partial charge < -0.3 is 9.63 Å². The molecule has 0 spiro atoms. The van der Waals surface area contributed by atoms with Crippen LogP contribution in [0.5, 0.6) is 0 Å². The fourth-order valence-electron chi connectivity index (χ4n) is 1.59. The van der Waals surface area contributed by atoms with E-state index in [0.717, 1.165) is 18.7 Å². The van der Waals surface area contributed by atoms with Crippen molar-refractivity contribution in [1.82, 2.24) is 15.1 Å². The second-order valence-corrected chi connectivity index (χ2v) is 6.53. The number of carboxylic acids is 1. The maximum atomic E-state index is 10.9. The number of aromatic carboxylic acids is 1. The van der Waals surface area contributed by atoms with Crippen LogP contribution in [0.2, 0.25) is 0 Å². The zero-order valence-corrected chi connectivity index (χ0v) is 11.8. The normalized spacial score (nSPS) is 14.8. The minimum atomic E-state index is -0.935. The van der Waals surface area contributed by atoms with Crippen molar-refractivity contribution in [2.24, 2.45) is 0 Å². The second kappa shape index (κ2) is 4.93. The van der Waals surface area contributed by atoms with E-state index in [1.165, 1.54) is 23.1 Å². The molecule has 1 aliphatic rings. The molecule has 2 aromatic rings. The Labute approximate surface area is 117 Å². The molecule has 0 unspecified atom stereocenters. The summed E-state index contributed by atoms with van der Waals surface area (Å²) in [5, 5.41) is 12.9. The van der Waals surface area contributed by atoms with Crippen LogP contribution in [0.1, 0.15) is 45.8 Å². The van der Waals surface area contributed by atoms with Gasteiger partial charge in [0.05, 0.1) is 11.4 Å². The summed E-state index contributed by atoms with van der Waals surface area (Å²) in [5.41, 5.74) is 0.546. The van der Waals surface area contributed by atoms with E-state index in [0.29, 0.717) is 27.6 Å². The lowest BCUT2D eigenvalue weighted by molar-refractivity contribution is 0.0701. The number of carbonyl (C=O) groups is 1. The van der Waals surface area contributed by atoms with Gasteiger partial charge in [0.2, 0.25) is 5.89 Å². The van der Waals surface area contributed by atoms with Gasteiger partial charge in [0.25, 0.3) is 0 Å². The molecule has 100 valence electrons. The van der Waals surface area contributed by atoms with Crippen LogP contribution in [-0.4, -0.2) is 26.2 Å². The molecular weight excluding hydrogens is 286 g/mol. The molecule has 2 heterocycles. The van der Waals surface area contributed by atoms with E-state index in [9.17, 15) is 4.79 Å². The van der Waals surface area contributed by atoms with Crippen LogP contribution in [0.4, 0.5) is 0 Å². The minimum absolute atomic E-state index is 0.284. The van der Waals surface area contributed by atoms with Crippen LogP contribution in [0.25, 0.3) is 0 Å². The molecule has 0 atom stereocenters. The maximum Gasteiger partial charge on any atom is 0.347 e. The zero-order valence-electron chi connectivity index (χ0n) is 10.1. The number of nitrogens with zero attached hydrogens (tertiary/aromatic N) is 3. The van der Waals surface area contributed by atoms with Crippen molar-refractivity contribution < 1.29 is 14.4 Å². The Morgan fingerprint density at radius 1 is 1.53 bits per heavy atom. The lowest BCUT2D eigenvalue weighted by Gasteiger charge is -1.90. The second-order valence-electron chi connectivity index (χ2n) is 4.31. The minimum Gasteiger partial charge on any atom is -0.477 e. The predicted octanol–water partition coefficient (Wildman–Crippen LogP) is 2.70. The van der Waals surface area contributed by atoms with Gasteiger partial charge in [-0.3, -0.25) is 0 Å².